The summed E-state index contributed by atoms with van der Waals surface area (Å²) < 4.78 is 28.4. The van der Waals surface area contributed by atoms with Crippen LogP contribution < -0.4 is 50.4 Å². The highest BCUT2D eigenvalue weighted by molar-refractivity contribution is 8.77. The summed E-state index contributed by atoms with van der Waals surface area (Å²) in [5.74, 6) is 0.336. The molecule has 8 heterocycles. The van der Waals surface area contributed by atoms with Crippen molar-refractivity contribution in [1.82, 2.24) is 9.13 Å². The molecular formula is C86H92N10O13S6. The van der Waals surface area contributed by atoms with Crippen LogP contribution in [0.1, 0.15) is 142 Å². The number of rotatable bonds is 31. The van der Waals surface area contributed by atoms with Crippen molar-refractivity contribution in [3.63, 3.8) is 0 Å². The van der Waals surface area contributed by atoms with E-state index in [4.69, 9.17) is 29.8 Å². The number of ether oxygens (including phenoxy) is 4. The monoisotopic (exact) mass is 1660 g/mol. The molecule has 115 heavy (non-hydrogen) atoms. The van der Waals surface area contributed by atoms with Gasteiger partial charge in [-0.25, -0.2) is 0 Å². The lowest BCUT2D eigenvalue weighted by Gasteiger charge is -2.22. The Morgan fingerprint density at radius 2 is 1.00 bits per heavy atom. The number of thiophene rings is 2. The maximum absolute atomic E-state index is 13.7. The van der Waals surface area contributed by atoms with E-state index < -0.39 is 5.97 Å². The molecule has 0 bridgehead atoms. The maximum Gasteiger partial charge on any atom is 0.303 e. The average Bonchev–Trinajstić information content (AvgIpc) is 1.62. The molecule has 0 unspecified atom stereocenters. The molecule has 0 spiro atoms. The number of ketones is 2. The number of aliphatic imine (C=N–C) groups is 2. The number of nitrogens with one attached hydrogen (secondary N) is 3. The van der Waals surface area contributed by atoms with Gasteiger partial charge < -0.3 is 54.9 Å². The standard InChI is InChI=1S/C43H45N5O6S3.C22H27N3O2S3.C21H20N2O5/c1-43(2,57-55-5)15-14-31(49)21-32-19-27-17-28(12-13-39(27)56-32)46-41(51)36-20-29(25-47(36)3)45-40(50)11-8-16-54-38-23-34-33(22-37(38)53-4)42(52)48-30(24-44-34)18-26-9-6-7-10-35(26)48;1-22(2,30-28-4)8-7-17(26)12-18-10-14-9-16(5-6-20(14)29-18)24-21(27)19-11-15(23)13-25(19)3;1-27-18-10-15-16(11-19(18)28-8-4-7-20(24)25)22-12-14-9-13-5-2-3-6-17(13)23(14)21(15)26/h6-7,9-10,12-13,17,19-20,22-25,30H,8,11,14-16,18,21H2,1-5H3,(H,45,50)(H,46,51);5-6,9-11,13H,7-8,12,23H2,1-4H3,(H,24,27);2-3,5-6,10-12,14H,4,7-9H2,1H3,(H,24,25)/t30-;;14-/m0.0/s1. The van der Waals surface area contributed by atoms with Crippen molar-refractivity contribution in [1.29, 1.82) is 0 Å². The molecule has 2 atom stereocenters. The van der Waals surface area contributed by atoms with Crippen LogP contribution in [0.4, 0.5) is 45.5 Å². The first kappa shape index (κ1) is 84.1. The molecule has 29 heteroatoms. The van der Waals surface area contributed by atoms with Gasteiger partial charge in [0.05, 0.1) is 73.4 Å². The second-order valence-electron chi connectivity index (χ2n) is 29.4. The van der Waals surface area contributed by atoms with Crippen LogP contribution in [-0.4, -0.2) is 135 Å². The zero-order chi connectivity index (χ0) is 81.8. The Bertz CT molecular complexity index is 5410. The number of benzene rings is 6. The van der Waals surface area contributed by atoms with Crippen LogP contribution in [0.3, 0.4) is 0 Å². The summed E-state index contributed by atoms with van der Waals surface area (Å²) in [5, 5.41) is 19.5. The first-order valence-electron chi connectivity index (χ1n) is 37.5. The topological polar surface area (TPSA) is 297 Å². The Kier molecular flexibility index (Phi) is 27.5. The Balaban J connectivity index is 0.000000176. The van der Waals surface area contributed by atoms with Gasteiger partial charge in [0.15, 0.2) is 23.0 Å². The number of fused-ring (bicyclic) bond motifs is 10. The van der Waals surface area contributed by atoms with Crippen LogP contribution in [0.15, 0.2) is 156 Å². The minimum absolute atomic E-state index is 0.0277. The summed E-state index contributed by atoms with van der Waals surface area (Å²) in [6, 6.07) is 41.1. The first-order chi connectivity index (χ1) is 55.1. The van der Waals surface area contributed by atoms with Crippen molar-refractivity contribution < 1.29 is 62.4 Å². The summed E-state index contributed by atoms with van der Waals surface area (Å²) in [4.78, 5) is 116. The fourth-order valence-electron chi connectivity index (χ4n) is 14.0. The van der Waals surface area contributed by atoms with Crippen LogP contribution in [0, 0.1) is 0 Å². The van der Waals surface area contributed by atoms with Gasteiger partial charge in [-0.2, -0.15) is 0 Å². The van der Waals surface area contributed by atoms with E-state index in [1.54, 1.807) is 143 Å². The largest absolute Gasteiger partial charge is 0.493 e. The number of Topliss-reactive ketones (excluding diaryl/α,β-unsaturated/α-hetero) is 2. The predicted octanol–water partition coefficient (Wildman–Crippen LogP) is 18.2. The van der Waals surface area contributed by atoms with E-state index in [0.717, 1.165) is 77.4 Å². The number of nitrogen functional groups attached to an aromatic ring is 1. The van der Waals surface area contributed by atoms with Crippen LogP contribution in [0.2, 0.25) is 0 Å². The molecule has 23 nitrogen and oxygen atoms in total. The number of amides is 5. The molecular weight excluding hydrogens is 1570 g/mol. The zero-order valence-electron chi connectivity index (χ0n) is 65.6. The first-order valence-corrected chi connectivity index (χ1v) is 44.3. The van der Waals surface area contributed by atoms with Crippen molar-refractivity contribution in [2.45, 2.75) is 126 Å². The van der Waals surface area contributed by atoms with Gasteiger partial charge in [-0.15, -0.1) is 22.7 Å². The van der Waals surface area contributed by atoms with E-state index in [0.29, 0.717) is 119 Å². The number of aliphatic carboxylic acids is 1. The highest BCUT2D eigenvalue weighted by Crippen LogP contribution is 2.45. The molecule has 0 aliphatic carbocycles. The number of methoxy groups -OCH3 is 2. The molecule has 0 radical (unpaired) electrons. The number of nitrogens with two attached hydrogens (primary N) is 1. The molecule has 6 aromatic carbocycles. The van der Waals surface area contributed by atoms with E-state index in [9.17, 15) is 38.4 Å². The normalized spacial score (nSPS) is 14.3. The van der Waals surface area contributed by atoms with Gasteiger partial charge in [-0.05, 0) is 173 Å². The number of carbonyl (C=O) groups excluding carboxylic acids is 7. The second-order valence-corrected chi connectivity index (χ2v) is 37.9. The van der Waals surface area contributed by atoms with Crippen LogP contribution in [0.5, 0.6) is 23.0 Å². The number of para-hydroxylation sites is 2. The maximum atomic E-state index is 13.7. The quantitative estimate of drug-likeness (QED) is 0.0199. The number of aromatic nitrogens is 2. The number of hydrogen-bond donors (Lipinski definition) is 5. The molecule has 0 fully saturated rings. The van der Waals surface area contributed by atoms with Gasteiger partial charge in [0.25, 0.3) is 23.6 Å². The number of carboxylic acid groups (broad SMARTS) is 1. The molecule has 5 amide bonds. The molecule has 4 aromatic heterocycles. The number of carboxylic acids is 1. The SMILES string of the molecule is COc1cc2c(cc1OCCCC(=O)Nc1cc(C(=O)Nc3ccc4sc(CC(=O)CCC(C)(C)SSC)cc4c3)n(C)c1)N=C[C@@H]1Cc3ccccc3N1C2=O.COc1cc2c(cc1OCCCC(=O)O)N=C[C@@H]1Cc3ccccc3N1C2=O.CSSC(C)(C)CCC(=O)Cc1cc2cc(NC(=O)c3cc(N)cn3C)ccc2s1. The number of anilines is 6. The van der Waals surface area contributed by atoms with Crippen molar-refractivity contribution in [2.24, 2.45) is 24.1 Å². The van der Waals surface area contributed by atoms with Crippen LogP contribution in [0.25, 0.3) is 20.2 Å². The summed E-state index contributed by atoms with van der Waals surface area (Å²) in [6.45, 7) is 9.17. The third kappa shape index (κ3) is 21.1. The van der Waals surface area contributed by atoms with Crippen molar-refractivity contribution in [2.75, 3.05) is 71.4 Å². The Morgan fingerprint density at radius 1 is 0.548 bits per heavy atom. The van der Waals surface area contributed by atoms with Gasteiger partial charge in [0.1, 0.15) is 23.0 Å². The van der Waals surface area contributed by atoms with Crippen molar-refractivity contribution in [3.8, 4) is 23.0 Å². The minimum Gasteiger partial charge on any atom is -0.493 e. The highest BCUT2D eigenvalue weighted by Gasteiger charge is 2.39. The Hall–Kier alpha value is -10.3. The van der Waals surface area contributed by atoms with Gasteiger partial charge in [0.2, 0.25) is 5.91 Å². The van der Waals surface area contributed by atoms with E-state index in [-0.39, 0.29) is 88.7 Å². The van der Waals surface area contributed by atoms with Gasteiger partial charge in [-0.3, -0.25) is 58.1 Å². The summed E-state index contributed by atoms with van der Waals surface area (Å²) in [6.07, 6.45) is 17.3. The Labute approximate surface area is 691 Å². The third-order valence-corrected chi connectivity index (χ3v) is 27.2. The summed E-state index contributed by atoms with van der Waals surface area (Å²) in [5.41, 5.74) is 15.0. The molecule has 0 saturated heterocycles. The second kappa shape index (κ2) is 37.5. The minimum atomic E-state index is -0.867. The van der Waals surface area contributed by atoms with Crippen LogP contribution >= 0.6 is 65.8 Å². The van der Waals surface area contributed by atoms with Crippen molar-refractivity contribution in [3.05, 3.63) is 189 Å². The average molecular weight is 1670 g/mol. The number of hydrogen-bond acceptors (Lipinski definition) is 21. The summed E-state index contributed by atoms with van der Waals surface area (Å²) >= 11 is 3.24. The van der Waals surface area contributed by atoms with Crippen molar-refractivity contribution >= 4 is 191 Å². The lowest BCUT2D eigenvalue weighted by Crippen LogP contribution is -2.37. The highest BCUT2D eigenvalue weighted by atomic mass is 33.1. The van der Waals surface area contributed by atoms with E-state index >= 15 is 0 Å². The number of carbonyl (C=O) groups is 8. The van der Waals surface area contributed by atoms with Gasteiger partial charge >= 0.3 is 5.97 Å². The fourth-order valence-corrected chi connectivity index (χ4v) is 20.6. The molecule has 4 aliphatic rings. The van der Waals surface area contributed by atoms with Crippen LogP contribution in [-0.2, 0) is 59.0 Å². The molecule has 4 aliphatic heterocycles. The third-order valence-electron chi connectivity index (χ3n) is 19.7. The molecule has 600 valence electrons. The number of nitrogens with zero attached hydrogens (tertiary/aromatic N) is 6. The summed E-state index contributed by atoms with van der Waals surface area (Å²) in [7, 11) is 13.6. The van der Waals surface area contributed by atoms with E-state index in [1.165, 1.54) is 14.2 Å². The van der Waals surface area contributed by atoms with E-state index in [1.807, 2.05) is 108 Å². The molecule has 0 saturated carbocycles. The zero-order valence-corrected chi connectivity index (χ0v) is 70.5. The molecule has 6 N–H and O–H groups in total. The lowest BCUT2D eigenvalue weighted by atomic mass is 10.0. The smallest absolute Gasteiger partial charge is 0.303 e. The van der Waals surface area contributed by atoms with E-state index in [2.05, 4.69) is 72.2 Å². The number of aryl methyl sites for hydroxylation is 2. The van der Waals surface area contributed by atoms with Gasteiger partial charge in [-0.1, -0.05) is 79.6 Å². The Morgan fingerprint density at radius 3 is 1.44 bits per heavy atom. The predicted molar refractivity (Wildman–Crippen MR) is 471 cm³/mol. The fraction of sp³-hybridized carbons (Fsp3) is 0.326. The molecule has 14 rings (SSSR count). The molecule has 10 aromatic rings. The lowest BCUT2D eigenvalue weighted by molar-refractivity contribution is -0.137. The van der Waals surface area contributed by atoms with Gasteiger partial charge in [0, 0.05) is 154 Å².